The van der Waals surface area contributed by atoms with Crippen LogP contribution < -0.4 is 0 Å². The highest BCUT2D eigenvalue weighted by molar-refractivity contribution is 9.11. The van der Waals surface area contributed by atoms with E-state index < -0.39 is 0 Å². The summed E-state index contributed by atoms with van der Waals surface area (Å²) in [6, 6.07) is 0. The minimum absolute atomic E-state index is 0.417. The van der Waals surface area contributed by atoms with Crippen LogP contribution in [0.25, 0.3) is 0 Å². The largest absolute Gasteiger partial charge is 0.131 e. The number of rotatable bonds is 0. The summed E-state index contributed by atoms with van der Waals surface area (Å²) in [5, 5.41) is 0.891. The summed E-state index contributed by atoms with van der Waals surface area (Å²) in [7, 11) is 0. The topological polar surface area (TPSA) is 0 Å². The SMILES string of the molecule is [CH2]C1CCc2sc(Br)c(Cl)c21. The maximum absolute atomic E-state index is 6.07. The van der Waals surface area contributed by atoms with Crippen molar-refractivity contribution < 1.29 is 0 Å². The zero-order chi connectivity index (χ0) is 8.01. The lowest BCUT2D eigenvalue weighted by Gasteiger charge is -2.00. The van der Waals surface area contributed by atoms with E-state index in [1.165, 1.54) is 10.4 Å². The Balaban J connectivity index is 2.58. The van der Waals surface area contributed by atoms with Gasteiger partial charge in [-0.1, -0.05) is 11.6 Å². The van der Waals surface area contributed by atoms with E-state index in [4.69, 9.17) is 11.6 Å². The predicted molar refractivity (Wildman–Crippen MR) is 53.4 cm³/mol. The van der Waals surface area contributed by atoms with Gasteiger partial charge in [0.25, 0.3) is 0 Å². The summed E-state index contributed by atoms with van der Waals surface area (Å²) in [5.41, 5.74) is 1.28. The van der Waals surface area contributed by atoms with Crippen molar-refractivity contribution in [2.75, 3.05) is 0 Å². The van der Waals surface area contributed by atoms with Crippen LogP contribution in [-0.2, 0) is 6.42 Å². The molecule has 2 rings (SSSR count). The summed E-state index contributed by atoms with van der Waals surface area (Å²) in [6.07, 6.45) is 2.31. The Morgan fingerprint density at radius 2 is 2.36 bits per heavy atom. The molecular weight excluding hydrogens is 244 g/mol. The molecule has 0 amide bonds. The van der Waals surface area contributed by atoms with Crippen LogP contribution in [0, 0.1) is 6.92 Å². The molecule has 0 saturated heterocycles. The van der Waals surface area contributed by atoms with E-state index in [0.717, 1.165) is 21.7 Å². The van der Waals surface area contributed by atoms with Gasteiger partial charge >= 0.3 is 0 Å². The third-order valence-electron chi connectivity index (χ3n) is 2.05. The zero-order valence-corrected chi connectivity index (χ0v) is 9.02. The number of hydrogen-bond donors (Lipinski definition) is 0. The Morgan fingerprint density at radius 3 is 3.00 bits per heavy atom. The number of thiophene rings is 1. The molecule has 0 bridgehead atoms. The maximum Gasteiger partial charge on any atom is 0.0890 e. The van der Waals surface area contributed by atoms with E-state index in [1.807, 2.05) is 0 Å². The third-order valence-corrected chi connectivity index (χ3v) is 4.72. The highest BCUT2D eigenvalue weighted by atomic mass is 79.9. The fourth-order valence-corrected chi connectivity index (χ4v) is 3.73. The molecule has 1 aromatic heterocycles. The van der Waals surface area contributed by atoms with Crippen LogP contribution in [0.4, 0.5) is 0 Å². The minimum atomic E-state index is 0.417. The van der Waals surface area contributed by atoms with Gasteiger partial charge in [-0.15, -0.1) is 11.3 Å². The molecule has 1 heterocycles. The number of hydrogen-bond acceptors (Lipinski definition) is 1. The number of fused-ring (bicyclic) bond motifs is 1. The van der Waals surface area contributed by atoms with E-state index in [1.54, 1.807) is 11.3 Å². The van der Waals surface area contributed by atoms with Crippen LogP contribution in [0.3, 0.4) is 0 Å². The van der Waals surface area contributed by atoms with Gasteiger partial charge in [-0.2, -0.15) is 0 Å². The Hall–Kier alpha value is 0.470. The van der Waals surface area contributed by atoms with Crippen molar-refractivity contribution in [2.45, 2.75) is 18.8 Å². The molecule has 1 unspecified atom stereocenters. The first-order chi connectivity index (χ1) is 5.20. The lowest BCUT2D eigenvalue weighted by atomic mass is 10.1. The molecule has 1 aliphatic rings. The molecule has 0 fully saturated rings. The van der Waals surface area contributed by atoms with Gasteiger partial charge in [0.05, 0.1) is 8.81 Å². The normalized spacial score (nSPS) is 22.3. The van der Waals surface area contributed by atoms with Gasteiger partial charge in [0.15, 0.2) is 0 Å². The number of aryl methyl sites for hydroxylation is 1. The molecule has 1 aliphatic carbocycles. The molecule has 3 heteroatoms. The molecular formula is C8H7BrClS. The van der Waals surface area contributed by atoms with Gasteiger partial charge in [-0.05, 0) is 47.2 Å². The molecule has 1 radical (unpaired) electrons. The van der Waals surface area contributed by atoms with Gasteiger partial charge in [0, 0.05) is 4.88 Å². The molecule has 59 valence electrons. The predicted octanol–water partition coefficient (Wildman–Crippen LogP) is 4.03. The highest BCUT2D eigenvalue weighted by Crippen LogP contribution is 2.46. The average Bonchev–Trinajstić information content (AvgIpc) is 2.41. The fraction of sp³-hybridized carbons (Fsp3) is 0.375. The number of halogens is 2. The van der Waals surface area contributed by atoms with Crippen LogP contribution in [0.15, 0.2) is 3.79 Å². The molecule has 1 aromatic rings. The molecule has 1 atom stereocenters. The van der Waals surface area contributed by atoms with Crippen molar-refractivity contribution in [3.05, 3.63) is 26.2 Å². The highest BCUT2D eigenvalue weighted by Gasteiger charge is 2.25. The first-order valence-electron chi connectivity index (χ1n) is 3.49. The zero-order valence-electron chi connectivity index (χ0n) is 5.86. The minimum Gasteiger partial charge on any atom is -0.131 e. The van der Waals surface area contributed by atoms with Crippen molar-refractivity contribution >= 4 is 38.9 Å². The summed E-state index contributed by atoms with van der Waals surface area (Å²) in [5.74, 6) is 0.417. The monoisotopic (exact) mass is 249 g/mol. The Morgan fingerprint density at radius 1 is 1.64 bits per heavy atom. The first kappa shape index (κ1) is 8.09. The summed E-state index contributed by atoms with van der Waals surface area (Å²) in [4.78, 5) is 1.42. The molecule has 0 aromatic carbocycles. The average molecular weight is 251 g/mol. The van der Waals surface area contributed by atoms with E-state index >= 15 is 0 Å². The lowest BCUT2D eigenvalue weighted by Crippen LogP contribution is -1.83. The van der Waals surface area contributed by atoms with E-state index in [2.05, 4.69) is 22.9 Å². The van der Waals surface area contributed by atoms with Crippen LogP contribution >= 0.6 is 38.9 Å². The molecule has 0 spiro atoms. The standard InChI is InChI=1S/C8H7BrClS/c1-4-2-3-5-6(4)7(10)8(9)11-5/h4H,1-3H2. The lowest BCUT2D eigenvalue weighted by molar-refractivity contribution is 0.811. The van der Waals surface area contributed by atoms with Crippen molar-refractivity contribution in [3.63, 3.8) is 0 Å². The van der Waals surface area contributed by atoms with Crippen molar-refractivity contribution in [2.24, 2.45) is 0 Å². The second-order valence-electron chi connectivity index (χ2n) is 2.76. The van der Waals surface area contributed by atoms with Gasteiger partial charge in [-0.25, -0.2) is 0 Å². The second kappa shape index (κ2) is 2.75. The molecule has 0 nitrogen and oxygen atoms in total. The summed E-state index contributed by atoms with van der Waals surface area (Å²) < 4.78 is 1.07. The Bertz CT molecular complexity index is 293. The van der Waals surface area contributed by atoms with Crippen molar-refractivity contribution in [1.29, 1.82) is 0 Å². The van der Waals surface area contributed by atoms with E-state index in [-0.39, 0.29) is 0 Å². The van der Waals surface area contributed by atoms with Gasteiger partial charge < -0.3 is 0 Å². The first-order valence-corrected chi connectivity index (χ1v) is 5.48. The van der Waals surface area contributed by atoms with Crippen LogP contribution in [0.5, 0.6) is 0 Å². The van der Waals surface area contributed by atoms with Gasteiger partial charge in [0.1, 0.15) is 0 Å². The molecule has 0 N–H and O–H groups in total. The fourth-order valence-electron chi connectivity index (χ4n) is 1.48. The Kier molecular flexibility index (Phi) is 2.02. The smallest absolute Gasteiger partial charge is 0.0890 e. The van der Waals surface area contributed by atoms with Gasteiger partial charge in [0.2, 0.25) is 0 Å². The van der Waals surface area contributed by atoms with Crippen LogP contribution in [0.1, 0.15) is 22.8 Å². The van der Waals surface area contributed by atoms with Crippen molar-refractivity contribution in [3.8, 4) is 0 Å². The molecule has 0 saturated carbocycles. The van der Waals surface area contributed by atoms with Crippen LogP contribution in [0.2, 0.25) is 5.02 Å². The third kappa shape index (κ3) is 1.16. The van der Waals surface area contributed by atoms with Gasteiger partial charge in [-0.3, -0.25) is 0 Å². The summed E-state index contributed by atoms with van der Waals surface area (Å²) >= 11 is 11.3. The maximum atomic E-state index is 6.07. The second-order valence-corrected chi connectivity index (χ2v) is 5.56. The molecule has 0 aliphatic heterocycles. The molecule has 11 heavy (non-hydrogen) atoms. The summed E-state index contributed by atoms with van der Waals surface area (Å²) in [6.45, 7) is 4.05. The Labute approximate surface area is 83.7 Å². The van der Waals surface area contributed by atoms with E-state index in [0.29, 0.717) is 5.92 Å². The quantitative estimate of drug-likeness (QED) is 0.652. The van der Waals surface area contributed by atoms with E-state index in [9.17, 15) is 0 Å². The van der Waals surface area contributed by atoms with Crippen molar-refractivity contribution in [1.82, 2.24) is 0 Å². The van der Waals surface area contributed by atoms with Crippen LogP contribution in [-0.4, -0.2) is 0 Å².